The van der Waals surface area contributed by atoms with Crippen LogP contribution in [0.5, 0.6) is 0 Å². The second-order valence-corrected chi connectivity index (χ2v) is 7.94. The molecule has 0 spiro atoms. The fourth-order valence-electron chi connectivity index (χ4n) is 3.14. The summed E-state index contributed by atoms with van der Waals surface area (Å²) >= 11 is 1.20. The van der Waals surface area contributed by atoms with Gasteiger partial charge in [-0.3, -0.25) is 19.8 Å². The average Bonchev–Trinajstić information content (AvgIpc) is 3.24. The molecule has 1 saturated heterocycles. The number of rotatable bonds is 6. The number of likely N-dealkylation sites (tertiary alicyclic amines) is 1. The summed E-state index contributed by atoms with van der Waals surface area (Å²) in [6, 6.07) is 7.83. The number of aromatic nitrogens is 2. The van der Waals surface area contributed by atoms with Crippen LogP contribution in [0.3, 0.4) is 0 Å². The van der Waals surface area contributed by atoms with E-state index >= 15 is 0 Å². The van der Waals surface area contributed by atoms with Gasteiger partial charge in [-0.05, 0) is 24.1 Å². The van der Waals surface area contributed by atoms with Crippen molar-refractivity contribution in [3.63, 3.8) is 0 Å². The van der Waals surface area contributed by atoms with Gasteiger partial charge in [-0.2, -0.15) is 4.37 Å². The Bertz CT molecular complexity index is 820. The van der Waals surface area contributed by atoms with Crippen LogP contribution in [-0.2, 0) is 11.3 Å². The molecule has 7 nitrogen and oxygen atoms in total. The first-order valence-electron chi connectivity index (χ1n) is 9.14. The van der Waals surface area contributed by atoms with Gasteiger partial charge in [0, 0.05) is 55.6 Å². The normalized spacial score (nSPS) is 17.3. The lowest BCUT2D eigenvalue weighted by Gasteiger charge is -2.16. The Morgan fingerprint density at radius 1 is 1.37 bits per heavy atom. The van der Waals surface area contributed by atoms with E-state index in [0.29, 0.717) is 10.7 Å². The zero-order chi connectivity index (χ0) is 19.4. The van der Waals surface area contributed by atoms with E-state index in [1.807, 2.05) is 32.0 Å². The lowest BCUT2D eigenvalue weighted by Crippen LogP contribution is -2.35. The number of nitrogens with zero attached hydrogens (tertiary/aromatic N) is 3. The predicted octanol–water partition coefficient (Wildman–Crippen LogP) is 2.62. The van der Waals surface area contributed by atoms with E-state index in [1.165, 1.54) is 11.5 Å². The van der Waals surface area contributed by atoms with E-state index in [-0.39, 0.29) is 23.8 Å². The molecular weight excluding hydrogens is 362 g/mol. The summed E-state index contributed by atoms with van der Waals surface area (Å²) in [7, 11) is 0. The fraction of sp³-hybridized carbons (Fsp3) is 0.474. The van der Waals surface area contributed by atoms with Crippen LogP contribution in [-0.4, -0.2) is 45.2 Å². The maximum absolute atomic E-state index is 12.5. The van der Waals surface area contributed by atoms with Crippen molar-refractivity contribution >= 4 is 28.5 Å². The summed E-state index contributed by atoms with van der Waals surface area (Å²) in [5.74, 6) is 0.808. The van der Waals surface area contributed by atoms with Gasteiger partial charge in [0.05, 0.1) is 0 Å². The highest BCUT2D eigenvalue weighted by Gasteiger charge is 2.23. The summed E-state index contributed by atoms with van der Waals surface area (Å²) in [5.41, 5.74) is 1.68. The maximum Gasteiger partial charge on any atom is 0.257 e. The third kappa shape index (κ3) is 5.33. The summed E-state index contributed by atoms with van der Waals surface area (Å²) in [5, 5.41) is 6.32. The molecule has 0 bridgehead atoms. The van der Waals surface area contributed by atoms with Crippen molar-refractivity contribution in [3.05, 3.63) is 41.2 Å². The van der Waals surface area contributed by atoms with Gasteiger partial charge >= 0.3 is 0 Å². The highest BCUT2D eigenvalue weighted by Crippen LogP contribution is 2.19. The van der Waals surface area contributed by atoms with Gasteiger partial charge in [0.1, 0.15) is 5.82 Å². The average molecular weight is 388 g/mol. The van der Waals surface area contributed by atoms with Crippen molar-refractivity contribution in [1.82, 2.24) is 19.6 Å². The van der Waals surface area contributed by atoms with Crippen LogP contribution in [0, 0.1) is 0 Å². The zero-order valence-electron chi connectivity index (χ0n) is 15.9. The summed E-state index contributed by atoms with van der Waals surface area (Å²) in [4.78, 5) is 30.3. The monoisotopic (exact) mass is 387 g/mol. The zero-order valence-corrected chi connectivity index (χ0v) is 16.7. The minimum atomic E-state index is -0.180. The number of anilines is 1. The molecule has 2 aromatic rings. The maximum atomic E-state index is 12.5. The molecule has 0 radical (unpaired) electrons. The Morgan fingerprint density at radius 2 is 2.19 bits per heavy atom. The van der Waals surface area contributed by atoms with Crippen LogP contribution >= 0.6 is 11.5 Å². The van der Waals surface area contributed by atoms with Crippen molar-refractivity contribution in [1.29, 1.82) is 0 Å². The second-order valence-electron chi connectivity index (χ2n) is 7.19. The van der Waals surface area contributed by atoms with Crippen molar-refractivity contribution in [2.24, 2.45) is 0 Å². The van der Waals surface area contributed by atoms with Crippen LogP contribution in [0.1, 0.15) is 54.9 Å². The fourth-order valence-corrected chi connectivity index (χ4v) is 3.84. The topological polar surface area (TPSA) is 87.2 Å². The number of carbonyl (C=O) groups excluding carboxylic acids is 2. The van der Waals surface area contributed by atoms with Crippen LogP contribution in [0.25, 0.3) is 0 Å². The first-order chi connectivity index (χ1) is 12.9. The summed E-state index contributed by atoms with van der Waals surface area (Å²) in [6.07, 6.45) is 0.953. The Balaban J connectivity index is 1.59. The molecule has 0 unspecified atom stereocenters. The summed E-state index contributed by atoms with van der Waals surface area (Å²) in [6.45, 7) is 8.11. The number of nitrogens with one attached hydrogen (secondary N) is 2. The Morgan fingerprint density at radius 3 is 2.89 bits per heavy atom. The molecule has 27 heavy (non-hydrogen) atoms. The Kier molecular flexibility index (Phi) is 6.18. The number of hydrogen-bond acceptors (Lipinski definition) is 6. The first kappa shape index (κ1) is 19.4. The first-order valence-corrected chi connectivity index (χ1v) is 9.91. The SMILES string of the molecule is CC(=O)N[C@@H]1CCN(Cc2cccc(C(=O)Nc3nc(C(C)C)ns3)c2)C1. The van der Waals surface area contributed by atoms with Crippen molar-refractivity contribution in [2.75, 3.05) is 18.4 Å². The number of hydrogen-bond donors (Lipinski definition) is 2. The van der Waals surface area contributed by atoms with Crippen molar-refractivity contribution in [2.45, 2.75) is 45.7 Å². The second kappa shape index (κ2) is 8.58. The molecule has 2 N–H and O–H groups in total. The van der Waals surface area contributed by atoms with Gasteiger partial charge in [-0.25, -0.2) is 4.98 Å². The smallest absolute Gasteiger partial charge is 0.257 e. The molecule has 0 aliphatic carbocycles. The Labute approximate surface area is 163 Å². The van der Waals surface area contributed by atoms with Gasteiger partial charge in [0.25, 0.3) is 5.91 Å². The third-order valence-electron chi connectivity index (χ3n) is 4.45. The van der Waals surface area contributed by atoms with Gasteiger partial charge in [-0.15, -0.1) is 0 Å². The molecule has 0 saturated carbocycles. The largest absolute Gasteiger partial charge is 0.352 e. The molecule has 2 amide bonds. The summed E-state index contributed by atoms with van der Waals surface area (Å²) < 4.78 is 4.26. The number of benzene rings is 1. The molecule has 1 aromatic heterocycles. The van der Waals surface area contributed by atoms with Crippen LogP contribution < -0.4 is 10.6 Å². The van der Waals surface area contributed by atoms with Gasteiger partial charge in [0.15, 0.2) is 0 Å². The molecular formula is C19H25N5O2S. The molecule has 1 aromatic carbocycles. The molecule has 1 fully saturated rings. The minimum absolute atomic E-state index is 0.0119. The van der Waals surface area contributed by atoms with Gasteiger partial charge < -0.3 is 5.32 Å². The highest BCUT2D eigenvalue weighted by molar-refractivity contribution is 7.09. The van der Waals surface area contributed by atoms with Crippen molar-refractivity contribution < 1.29 is 9.59 Å². The van der Waals surface area contributed by atoms with Crippen LogP contribution in [0.4, 0.5) is 5.13 Å². The van der Waals surface area contributed by atoms with Crippen LogP contribution in [0.2, 0.25) is 0 Å². The standard InChI is InChI=1S/C19H25N5O2S/c1-12(2)17-21-19(27-23-17)22-18(26)15-6-4-5-14(9-15)10-24-8-7-16(11-24)20-13(3)25/h4-6,9,12,16H,7-8,10-11H2,1-3H3,(H,20,25)(H,21,22,23,26)/t16-/m1/s1. The third-order valence-corrected chi connectivity index (χ3v) is 5.10. The minimum Gasteiger partial charge on any atom is -0.352 e. The van der Waals surface area contributed by atoms with E-state index in [2.05, 4.69) is 24.9 Å². The van der Waals surface area contributed by atoms with E-state index < -0.39 is 0 Å². The van der Waals surface area contributed by atoms with E-state index in [1.54, 1.807) is 13.0 Å². The number of carbonyl (C=O) groups is 2. The molecule has 1 aliphatic rings. The lowest BCUT2D eigenvalue weighted by atomic mass is 10.1. The van der Waals surface area contributed by atoms with E-state index in [0.717, 1.165) is 37.4 Å². The quantitative estimate of drug-likeness (QED) is 0.796. The van der Waals surface area contributed by atoms with E-state index in [9.17, 15) is 9.59 Å². The molecule has 8 heteroatoms. The predicted molar refractivity (Wildman–Crippen MR) is 106 cm³/mol. The molecule has 1 atom stereocenters. The number of amides is 2. The highest BCUT2D eigenvalue weighted by atomic mass is 32.1. The molecule has 144 valence electrons. The van der Waals surface area contributed by atoms with Gasteiger partial charge in [0.2, 0.25) is 11.0 Å². The lowest BCUT2D eigenvalue weighted by molar-refractivity contribution is -0.119. The molecule has 2 heterocycles. The van der Waals surface area contributed by atoms with Crippen LogP contribution in [0.15, 0.2) is 24.3 Å². The van der Waals surface area contributed by atoms with Gasteiger partial charge in [-0.1, -0.05) is 26.0 Å². The molecule has 3 rings (SSSR count). The Hall–Kier alpha value is -2.32. The molecule has 1 aliphatic heterocycles. The van der Waals surface area contributed by atoms with Crippen molar-refractivity contribution in [3.8, 4) is 0 Å². The van der Waals surface area contributed by atoms with E-state index in [4.69, 9.17) is 0 Å².